The van der Waals surface area contributed by atoms with Crippen molar-refractivity contribution < 1.29 is 28.6 Å². The highest BCUT2D eigenvalue weighted by atomic mass is 16.6. The molecule has 0 unspecified atom stereocenters. The Bertz CT molecular complexity index is 936. The van der Waals surface area contributed by atoms with Crippen molar-refractivity contribution in [1.82, 2.24) is 0 Å². The van der Waals surface area contributed by atoms with E-state index in [9.17, 15) is 14.4 Å². The van der Waals surface area contributed by atoms with Gasteiger partial charge in [0.1, 0.15) is 13.2 Å². The van der Waals surface area contributed by atoms with Gasteiger partial charge in [-0.15, -0.1) is 0 Å². The highest BCUT2D eigenvalue weighted by Crippen LogP contribution is 2.18. The van der Waals surface area contributed by atoms with E-state index in [0.717, 1.165) is 57.8 Å². The first-order chi connectivity index (χ1) is 31.0. The molecule has 0 spiro atoms. The Morgan fingerprint density at radius 3 is 0.635 bits per heavy atom. The largest absolute Gasteiger partial charge is 0.462 e. The summed E-state index contributed by atoms with van der Waals surface area (Å²) in [5.41, 5.74) is 0. The van der Waals surface area contributed by atoms with Crippen LogP contribution in [0.1, 0.15) is 329 Å². The fourth-order valence-electron chi connectivity index (χ4n) is 8.80. The SMILES string of the molecule is CCCCCCCCCCCCCCCCCCCCCC(=O)OC[C@@H](COC(=O)CCCCCCCCCCCC)OC(=O)CCCCCCCCCCCCCCCCCC. The Balaban J connectivity index is 4.22. The molecule has 0 saturated carbocycles. The van der Waals surface area contributed by atoms with E-state index in [0.29, 0.717) is 19.3 Å². The third-order valence-electron chi connectivity index (χ3n) is 13.1. The summed E-state index contributed by atoms with van der Waals surface area (Å²) < 4.78 is 16.9. The smallest absolute Gasteiger partial charge is 0.306 e. The van der Waals surface area contributed by atoms with Crippen molar-refractivity contribution in [2.75, 3.05) is 13.2 Å². The van der Waals surface area contributed by atoms with E-state index < -0.39 is 6.10 Å². The van der Waals surface area contributed by atoms with Crippen molar-refractivity contribution >= 4 is 17.9 Å². The molecule has 6 heteroatoms. The molecule has 0 amide bonds. The summed E-state index contributed by atoms with van der Waals surface area (Å²) in [5.74, 6) is -0.836. The second kappa shape index (κ2) is 53.0. The molecule has 63 heavy (non-hydrogen) atoms. The predicted octanol–water partition coefficient (Wildman–Crippen LogP) is 18.8. The fourth-order valence-corrected chi connectivity index (χ4v) is 8.80. The molecule has 0 aliphatic heterocycles. The normalized spacial score (nSPS) is 11.9. The van der Waals surface area contributed by atoms with Crippen LogP contribution in [0.25, 0.3) is 0 Å². The van der Waals surface area contributed by atoms with Gasteiger partial charge in [0.25, 0.3) is 0 Å². The van der Waals surface area contributed by atoms with Gasteiger partial charge in [0.2, 0.25) is 0 Å². The van der Waals surface area contributed by atoms with Crippen LogP contribution in [0.5, 0.6) is 0 Å². The van der Waals surface area contributed by atoms with Gasteiger partial charge in [-0.1, -0.05) is 290 Å². The Labute approximate surface area is 393 Å². The highest BCUT2D eigenvalue weighted by molar-refractivity contribution is 5.71. The Morgan fingerprint density at radius 1 is 0.254 bits per heavy atom. The minimum Gasteiger partial charge on any atom is -0.462 e. The molecular formula is C57H110O6. The lowest BCUT2D eigenvalue weighted by Crippen LogP contribution is -2.30. The van der Waals surface area contributed by atoms with Gasteiger partial charge in [-0.25, -0.2) is 0 Å². The Hall–Kier alpha value is -1.59. The number of rotatable bonds is 53. The second-order valence-electron chi connectivity index (χ2n) is 19.6. The van der Waals surface area contributed by atoms with Crippen molar-refractivity contribution in [2.24, 2.45) is 0 Å². The van der Waals surface area contributed by atoms with Gasteiger partial charge in [-0.2, -0.15) is 0 Å². The quantitative estimate of drug-likeness (QED) is 0.0344. The first-order valence-electron chi connectivity index (χ1n) is 28.5. The highest BCUT2D eigenvalue weighted by Gasteiger charge is 2.19. The minimum absolute atomic E-state index is 0.0613. The topological polar surface area (TPSA) is 78.9 Å². The zero-order valence-corrected chi connectivity index (χ0v) is 42.9. The van der Waals surface area contributed by atoms with Gasteiger partial charge in [0, 0.05) is 19.3 Å². The molecular weight excluding hydrogens is 781 g/mol. The molecule has 0 rings (SSSR count). The molecule has 6 nitrogen and oxygen atoms in total. The molecule has 0 aromatic heterocycles. The lowest BCUT2D eigenvalue weighted by molar-refractivity contribution is -0.167. The molecule has 0 aliphatic rings. The van der Waals surface area contributed by atoms with Crippen LogP contribution >= 0.6 is 0 Å². The standard InChI is InChI=1S/C57H110O6/c1-4-7-10-13-16-19-22-24-26-28-29-30-32-33-35-38-41-44-47-50-56(59)62-53-54(52-61-55(58)49-46-43-40-37-21-18-15-12-9-6-3)63-57(60)51-48-45-42-39-36-34-31-27-25-23-20-17-14-11-8-5-2/h54H,4-53H2,1-3H3/t54-/m1/s1. The van der Waals surface area contributed by atoms with Gasteiger partial charge < -0.3 is 14.2 Å². The summed E-state index contributed by atoms with van der Waals surface area (Å²) in [6, 6.07) is 0. The van der Waals surface area contributed by atoms with Crippen LogP contribution in [0.2, 0.25) is 0 Å². The van der Waals surface area contributed by atoms with Crippen LogP contribution < -0.4 is 0 Å². The first-order valence-corrected chi connectivity index (χ1v) is 28.5. The molecule has 0 bridgehead atoms. The average Bonchev–Trinajstić information content (AvgIpc) is 3.28. The lowest BCUT2D eigenvalue weighted by atomic mass is 10.0. The van der Waals surface area contributed by atoms with E-state index in [4.69, 9.17) is 14.2 Å². The number of hydrogen-bond donors (Lipinski definition) is 0. The third kappa shape index (κ3) is 51.3. The zero-order chi connectivity index (χ0) is 45.8. The number of hydrogen-bond acceptors (Lipinski definition) is 6. The van der Waals surface area contributed by atoms with Crippen molar-refractivity contribution in [3.8, 4) is 0 Å². The number of carbonyl (C=O) groups excluding carboxylic acids is 3. The van der Waals surface area contributed by atoms with Crippen LogP contribution in [0.3, 0.4) is 0 Å². The maximum atomic E-state index is 12.8. The third-order valence-corrected chi connectivity index (χ3v) is 13.1. The van der Waals surface area contributed by atoms with E-state index >= 15 is 0 Å². The Morgan fingerprint density at radius 2 is 0.429 bits per heavy atom. The second-order valence-corrected chi connectivity index (χ2v) is 19.6. The van der Waals surface area contributed by atoms with E-state index in [1.807, 2.05) is 0 Å². The maximum Gasteiger partial charge on any atom is 0.306 e. The van der Waals surface area contributed by atoms with Gasteiger partial charge in [0.15, 0.2) is 6.10 Å². The van der Waals surface area contributed by atoms with Gasteiger partial charge in [0.05, 0.1) is 0 Å². The molecule has 0 radical (unpaired) electrons. The van der Waals surface area contributed by atoms with Gasteiger partial charge >= 0.3 is 17.9 Å². The van der Waals surface area contributed by atoms with Crippen LogP contribution in [0.4, 0.5) is 0 Å². The number of ether oxygens (including phenoxy) is 3. The summed E-state index contributed by atoms with van der Waals surface area (Å²) >= 11 is 0. The molecule has 0 N–H and O–H groups in total. The first kappa shape index (κ1) is 61.4. The molecule has 0 aliphatic carbocycles. The van der Waals surface area contributed by atoms with Crippen LogP contribution in [-0.2, 0) is 28.6 Å². The number of carbonyl (C=O) groups is 3. The average molecular weight is 892 g/mol. The Kier molecular flexibility index (Phi) is 51.7. The molecule has 0 heterocycles. The minimum atomic E-state index is -0.760. The summed E-state index contributed by atoms with van der Waals surface area (Å²) in [6.07, 6.45) is 58.1. The fraction of sp³-hybridized carbons (Fsp3) is 0.947. The van der Waals surface area contributed by atoms with Crippen molar-refractivity contribution in [2.45, 2.75) is 335 Å². The van der Waals surface area contributed by atoms with Gasteiger partial charge in [-0.05, 0) is 19.3 Å². The summed E-state index contributed by atoms with van der Waals surface area (Å²) in [5, 5.41) is 0. The molecule has 0 aromatic rings. The summed E-state index contributed by atoms with van der Waals surface area (Å²) in [7, 11) is 0. The monoisotopic (exact) mass is 891 g/mol. The van der Waals surface area contributed by atoms with Crippen molar-refractivity contribution in [1.29, 1.82) is 0 Å². The van der Waals surface area contributed by atoms with Crippen molar-refractivity contribution in [3.63, 3.8) is 0 Å². The van der Waals surface area contributed by atoms with Gasteiger partial charge in [-0.3, -0.25) is 14.4 Å². The molecule has 0 fully saturated rings. The lowest BCUT2D eigenvalue weighted by Gasteiger charge is -2.18. The summed E-state index contributed by atoms with van der Waals surface area (Å²) in [4.78, 5) is 38.0. The molecule has 0 aromatic carbocycles. The van der Waals surface area contributed by atoms with Crippen LogP contribution in [-0.4, -0.2) is 37.2 Å². The van der Waals surface area contributed by atoms with E-state index in [1.54, 1.807) is 0 Å². The van der Waals surface area contributed by atoms with E-state index in [2.05, 4.69) is 20.8 Å². The zero-order valence-electron chi connectivity index (χ0n) is 42.9. The van der Waals surface area contributed by atoms with Crippen LogP contribution in [0, 0.1) is 0 Å². The predicted molar refractivity (Wildman–Crippen MR) is 270 cm³/mol. The van der Waals surface area contributed by atoms with Crippen LogP contribution in [0.15, 0.2) is 0 Å². The molecule has 1 atom stereocenters. The number of unbranched alkanes of at least 4 members (excludes halogenated alkanes) is 42. The van der Waals surface area contributed by atoms with Crippen molar-refractivity contribution in [3.05, 3.63) is 0 Å². The number of esters is 3. The van der Waals surface area contributed by atoms with E-state index in [-0.39, 0.29) is 31.1 Å². The summed E-state index contributed by atoms with van der Waals surface area (Å²) in [6.45, 7) is 6.69. The maximum absolute atomic E-state index is 12.8. The molecule has 0 saturated heterocycles. The molecule has 374 valence electrons. The van der Waals surface area contributed by atoms with E-state index in [1.165, 1.54) is 231 Å².